The minimum Gasteiger partial charge on any atom is -0.497 e. The second kappa shape index (κ2) is 9.55. The number of anilines is 2. The van der Waals surface area contributed by atoms with Gasteiger partial charge in [-0.2, -0.15) is 0 Å². The van der Waals surface area contributed by atoms with Crippen LogP contribution in [0.15, 0.2) is 36.4 Å². The molecule has 1 aliphatic heterocycles. The summed E-state index contributed by atoms with van der Waals surface area (Å²) < 4.78 is 10.5. The topological polar surface area (TPSA) is 62.8 Å². The van der Waals surface area contributed by atoms with E-state index in [-0.39, 0.29) is 6.03 Å². The van der Waals surface area contributed by atoms with Crippen LogP contribution >= 0.6 is 11.6 Å². The lowest BCUT2D eigenvalue weighted by atomic mass is 10.1. The molecule has 2 N–H and O–H groups in total. The van der Waals surface area contributed by atoms with E-state index in [0.717, 1.165) is 24.3 Å². The van der Waals surface area contributed by atoms with Gasteiger partial charge >= 0.3 is 6.03 Å². The quantitative estimate of drug-likeness (QED) is 0.735. The average molecular weight is 404 g/mol. The molecule has 1 aliphatic rings. The van der Waals surface area contributed by atoms with Crippen LogP contribution in [0.2, 0.25) is 5.02 Å². The second-order valence-corrected chi connectivity index (χ2v) is 7.15. The molecule has 0 aliphatic carbocycles. The Morgan fingerprint density at radius 3 is 2.32 bits per heavy atom. The fraction of sp³-hybridized carbons (Fsp3) is 0.381. The van der Waals surface area contributed by atoms with Crippen molar-refractivity contribution in [2.75, 3.05) is 37.5 Å². The lowest BCUT2D eigenvalue weighted by Crippen LogP contribution is -2.30. The Labute approximate surface area is 170 Å². The van der Waals surface area contributed by atoms with Gasteiger partial charge in [0.15, 0.2) is 0 Å². The van der Waals surface area contributed by atoms with Crippen LogP contribution < -0.4 is 25.0 Å². The van der Waals surface area contributed by atoms with Crippen molar-refractivity contribution in [1.82, 2.24) is 5.32 Å². The van der Waals surface area contributed by atoms with Crippen molar-refractivity contribution in [3.05, 3.63) is 47.0 Å². The highest BCUT2D eigenvalue weighted by Crippen LogP contribution is 2.30. The highest BCUT2D eigenvalue weighted by molar-refractivity contribution is 6.33. The van der Waals surface area contributed by atoms with E-state index >= 15 is 0 Å². The van der Waals surface area contributed by atoms with Crippen molar-refractivity contribution >= 4 is 29.0 Å². The van der Waals surface area contributed by atoms with Crippen molar-refractivity contribution in [2.45, 2.75) is 25.8 Å². The second-order valence-electron chi connectivity index (χ2n) is 6.74. The highest BCUT2D eigenvalue weighted by atomic mass is 35.5. The number of methoxy groups -OCH3 is 2. The number of nitrogens with one attached hydrogen (secondary N) is 2. The monoisotopic (exact) mass is 403 g/mol. The number of nitrogens with zero attached hydrogens (tertiary/aromatic N) is 1. The third-order valence-electron chi connectivity index (χ3n) is 4.77. The fourth-order valence-electron chi connectivity index (χ4n) is 3.30. The number of carbonyl (C=O) groups excluding carboxylic acids is 1. The molecule has 1 heterocycles. The number of urea groups is 1. The average Bonchev–Trinajstić information content (AvgIpc) is 2.72. The van der Waals surface area contributed by atoms with E-state index in [1.807, 2.05) is 24.3 Å². The van der Waals surface area contributed by atoms with Crippen LogP contribution in [0.3, 0.4) is 0 Å². The van der Waals surface area contributed by atoms with Crippen LogP contribution in [0.5, 0.6) is 11.5 Å². The van der Waals surface area contributed by atoms with Crippen LogP contribution in [0.1, 0.15) is 24.8 Å². The minimum absolute atomic E-state index is 0.302. The number of amides is 2. The van der Waals surface area contributed by atoms with Gasteiger partial charge in [0.25, 0.3) is 0 Å². The maximum atomic E-state index is 12.3. The summed E-state index contributed by atoms with van der Waals surface area (Å²) in [4.78, 5) is 14.6. The molecule has 0 aromatic heterocycles. The Hall–Kier alpha value is -2.60. The van der Waals surface area contributed by atoms with Gasteiger partial charge in [0.05, 0.1) is 24.9 Å². The third kappa shape index (κ3) is 5.23. The minimum atomic E-state index is -0.302. The summed E-state index contributed by atoms with van der Waals surface area (Å²) in [6.07, 6.45) is 3.65. The molecule has 7 heteroatoms. The predicted molar refractivity (Wildman–Crippen MR) is 113 cm³/mol. The standard InChI is InChI=1S/C21H26ClN3O3/c1-27-17-10-15(11-18(13-17)28-2)14-23-21(26)24-16-6-7-20(19(22)12-16)25-8-4-3-5-9-25/h6-7,10-13H,3-5,8-9,14H2,1-2H3,(H2,23,24,26). The summed E-state index contributed by atoms with van der Waals surface area (Å²) in [5.74, 6) is 1.35. The zero-order chi connectivity index (χ0) is 19.9. The lowest BCUT2D eigenvalue weighted by molar-refractivity contribution is 0.251. The number of hydrogen-bond donors (Lipinski definition) is 2. The van der Waals surface area contributed by atoms with E-state index in [4.69, 9.17) is 21.1 Å². The van der Waals surface area contributed by atoms with E-state index in [9.17, 15) is 4.79 Å². The first kappa shape index (κ1) is 20.1. The number of halogens is 1. The molecule has 0 saturated carbocycles. The third-order valence-corrected chi connectivity index (χ3v) is 5.07. The predicted octanol–water partition coefficient (Wildman–Crippen LogP) is 4.67. The highest BCUT2D eigenvalue weighted by Gasteiger charge is 2.14. The summed E-state index contributed by atoms with van der Waals surface area (Å²) in [7, 11) is 3.19. The zero-order valence-corrected chi connectivity index (χ0v) is 17.0. The van der Waals surface area contributed by atoms with Crippen LogP contribution in [-0.2, 0) is 6.54 Å². The van der Waals surface area contributed by atoms with E-state index in [2.05, 4.69) is 15.5 Å². The molecule has 0 bridgehead atoms. The summed E-state index contributed by atoms with van der Waals surface area (Å²) >= 11 is 6.44. The number of rotatable bonds is 6. The van der Waals surface area contributed by atoms with Gasteiger partial charge in [-0.3, -0.25) is 0 Å². The fourth-order valence-corrected chi connectivity index (χ4v) is 3.60. The van der Waals surface area contributed by atoms with Gasteiger partial charge in [-0.1, -0.05) is 11.6 Å². The van der Waals surface area contributed by atoms with Gasteiger partial charge in [-0.25, -0.2) is 4.79 Å². The van der Waals surface area contributed by atoms with Crippen LogP contribution in [0.4, 0.5) is 16.2 Å². The van der Waals surface area contributed by atoms with Gasteiger partial charge in [0.1, 0.15) is 11.5 Å². The summed E-state index contributed by atoms with van der Waals surface area (Å²) in [5.41, 5.74) is 2.56. The normalized spacial score (nSPS) is 13.8. The summed E-state index contributed by atoms with van der Waals surface area (Å²) in [6, 6.07) is 10.8. The first-order valence-corrected chi connectivity index (χ1v) is 9.78. The summed E-state index contributed by atoms with van der Waals surface area (Å²) in [5, 5.41) is 6.31. The molecule has 3 rings (SSSR count). The van der Waals surface area contributed by atoms with E-state index in [1.54, 1.807) is 26.4 Å². The van der Waals surface area contributed by atoms with Crippen LogP contribution in [-0.4, -0.2) is 33.3 Å². The maximum absolute atomic E-state index is 12.3. The number of carbonyl (C=O) groups is 1. The molecule has 2 aromatic carbocycles. The molecular weight excluding hydrogens is 378 g/mol. The first-order chi connectivity index (χ1) is 13.6. The molecule has 2 aromatic rings. The molecule has 28 heavy (non-hydrogen) atoms. The maximum Gasteiger partial charge on any atom is 0.319 e. The van der Waals surface area contributed by atoms with E-state index < -0.39 is 0 Å². The molecule has 0 radical (unpaired) electrons. The van der Waals surface area contributed by atoms with Gasteiger partial charge in [0, 0.05) is 31.4 Å². The number of piperidine rings is 1. The molecule has 1 fully saturated rings. The Bertz CT molecular complexity index is 800. The first-order valence-electron chi connectivity index (χ1n) is 9.40. The molecule has 6 nitrogen and oxygen atoms in total. The molecule has 0 unspecified atom stereocenters. The Balaban J connectivity index is 1.58. The Morgan fingerprint density at radius 2 is 1.71 bits per heavy atom. The largest absolute Gasteiger partial charge is 0.497 e. The van der Waals surface area contributed by atoms with Crippen LogP contribution in [0, 0.1) is 0 Å². The van der Waals surface area contributed by atoms with Crippen molar-refractivity contribution in [2.24, 2.45) is 0 Å². The number of hydrogen-bond acceptors (Lipinski definition) is 4. The summed E-state index contributed by atoms with van der Waals surface area (Å²) in [6.45, 7) is 2.40. The van der Waals surface area contributed by atoms with E-state index in [1.165, 1.54) is 19.3 Å². The molecule has 2 amide bonds. The van der Waals surface area contributed by atoms with Crippen molar-refractivity contribution in [1.29, 1.82) is 0 Å². The van der Waals surface area contributed by atoms with Crippen LogP contribution in [0.25, 0.3) is 0 Å². The van der Waals surface area contributed by atoms with Crippen molar-refractivity contribution in [3.8, 4) is 11.5 Å². The van der Waals surface area contributed by atoms with Gasteiger partial charge < -0.3 is 25.0 Å². The van der Waals surface area contributed by atoms with Gasteiger partial charge in [-0.15, -0.1) is 0 Å². The smallest absolute Gasteiger partial charge is 0.319 e. The van der Waals surface area contributed by atoms with Crippen molar-refractivity contribution < 1.29 is 14.3 Å². The number of ether oxygens (including phenoxy) is 2. The van der Waals surface area contributed by atoms with E-state index in [0.29, 0.717) is 28.8 Å². The lowest BCUT2D eigenvalue weighted by Gasteiger charge is -2.29. The van der Waals surface area contributed by atoms with Gasteiger partial charge in [-0.05, 0) is 55.2 Å². The zero-order valence-electron chi connectivity index (χ0n) is 16.3. The number of benzene rings is 2. The molecule has 0 atom stereocenters. The Morgan fingerprint density at radius 1 is 1.04 bits per heavy atom. The Kier molecular flexibility index (Phi) is 6.87. The van der Waals surface area contributed by atoms with Gasteiger partial charge in [0.2, 0.25) is 0 Å². The van der Waals surface area contributed by atoms with Crippen molar-refractivity contribution in [3.63, 3.8) is 0 Å². The molecule has 1 saturated heterocycles. The molecular formula is C21H26ClN3O3. The SMILES string of the molecule is COc1cc(CNC(=O)Nc2ccc(N3CCCCC3)c(Cl)c2)cc(OC)c1. The molecule has 150 valence electrons. The molecule has 0 spiro atoms.